The molecule has 2 amide bonds. The topological polar surface area (TPSA) is 69.6 Å². The zero-order valence-corrected chi connectivity index (χ0v) is 12.3. The SMILES string of the molecule is CCCN(CC(=O)O)C(=O)NC(C)c1ccc(C)s1. The lowest BCUT2D eigenvalue weighted by Crippen LogP contribution is -2.43. The molecule has 1 aromatic rings. The van der Waals surface area contributed by atoms with E-state index in [0.29, 0.717) is 6.54 Å². The number of aryl methyl sites for hydroxylation is 1. The zero-order valence-electron chi connectivity index (χ0n) is 11.5. The maximum absolute atomic E-state index is 12.0. The second kappa shape index (κ2) is 7.13. The summed E-state index contributed by atoms with van der Waals surface area (Å²) in [6.07, 6.45) is 0.729. The van der Waals surface area contributed by atoms with Gasteiger partial charge in [0, 0.05) is 16.3 Å². The number of aliphatic carboxylic acids is 1. The van der Waals surface area contributed by atoms with Crippen LogP contribution in [0.25, 0.3) is 0 Å². The lowest BCUT2D eigenvalue weighted by Gasteiger charge is -2.22. The number of thiophene rings is 1. The van der Waals surface area contributed by atoms with Gasteiger partial charge in [-0.15, -0.1) is 11.3 Å². The molecule has 5 nitrogen and oxygen atoms in total. The van der Waals surface area contributed by atoms with Crippen LogP contribution in [0.2, 0.25) is 0 Å². The largest absolute Gasteiger partial charge is 0.480 e. The highest BCUT2D eigenvalue weighted by molar-refractivity contribution is 7.12. The molecule has 0 saturated heterocycles. The van der Waals surface area contributed by atoms with Crippen molar-refractivity contribution >= 4 is 23.3 Å². The summed E-state index contributed by atoms with van der Waals surface area (Å²) in [6, 6.07) is 3.54. The number of urea groups is 1. The maximum Gasteiger partial charge on any atom is 0.323 e. The van der Waals surface area contributed by atoms with Gasteiger partial charge in [-0.1, -0.05) is 6.92 Å². The number of nitrogens with one attached hydrogen (secondary N) is 1. The standard InChI is InChI=1S/C13H20N2O3S/c1-4-7-15(8-12(16)17)13(18)14-10(3)11-6-5-9(2)19-11/h5-6,10H,4,7-8H2,1-3H3,(H,14,18)(H,16,17). The Labute approximate surface area is 117 Å². The minimum atomic E-state index is -0.997. The molecule has 0 aliphatic rings. The number of carbonyl (C=O) groups excluding carboxylic acids is 1. The molecule has 19 heavy (non-hydrogen) atoms. The molecule has 0 aliphatic carbocycles. The highest BCUT2D eigenvalue weighted by Crippen LogP contribution is 2.22. The molecule has 1 atom stereocenters. The Hall–Kier alpha value is -1.56. The minimum Gasteiger partial charge on any atom is -0.480 e. The highest BCUT2D eigenvalue weighted by Gasteiger charge is 2.18. The summed E-state index contributed by atoms with van der Waals surface area (Å²) in [6.45, 7) is 5.99. The van der Waals surface area contributed by atoms with Crippen molar-refractivity contribution in [3.05, 3.63) is 21.9 Å². The van der Waals surface area contributed by atoms with E-state index in [1.165, 1.54) is 9.78 Å². The maximum atomic E-state index is 12.0. The normalized spacial score (nSPS) is 11.9. The lowest BCUT2D eigenvalue weighted by atomic mass is 10.3. The summed E-state index contributed by atoms with van der Waals surface area (Å²) >= 11 is 1.63. The fourth-order valence-corrected chi connectivity index (χ4v) is 2.60. The van der Waals surface area contributed by atoms with Gasteiger partial charge in [-0.25, -0.2) is 4.79 Å². The van der Waals surface area contributed by atoms with Gasteiger partial charge in [0.05, 0.1) is 6.04 Å². The Morgan fingerprint density at radius 1 is 1.47 bits per heavy atom. The highest BCUT2D eigenvalue weighted by atomic mass is 32.1. The Morgan fingerprint density at radius 2 is 2.16 bits per heavy atom. The molecule has 6 heteroatoms. The molecule has 106 valence electrons. The summed E-state index contributed by atoms with van der Waals surface area (Å²) in [4.78, 5) is 26.3. The molecule has 1 unspecified atom stereocenters. The third-order valence-electron chi connectivity index (χ3n) is 2.63. The first-order chi connectivity index (χ1) is 8.93. The van der Waals surface area contributed by atoms with Gasteiger partial charge in [0.15, 0.2) is 0 Å². The van der Waals surface area contributed by atoms with Crippen molar-refractivity contribution in [1.29, 1.82) is 0 Å². The molecular weight excluding hydrogens is 264 g/mol. The van der Waals surface area contributed by atoms with E-state index in [2.05, 4.69) is 5.32 Å². The van der Waals surface area contributed by atoms with Crippen molar-refractivity contribution in [3.63, 3.8) is 0 Å². The van der Waals surface area contributed by atoms with Gasteiger partial charge >= 0.3 is 12.0 Å². The van der Waals surface area contributed by atoms with Crippen LogP contribution in [-0.4, -0.2) is 35.1 Å². The molecule has 2 N–H and O–H groups in total. The second-order valence-electron chi connectivity index (χ2n) is 4.43. The number of carboxylic acid groups (broad SMARTS) is 1. The van der Waals surface area contributed by atoms with Crippen molar-refractivity contribution in [2.24, 2.45) is 0 Å². The molecule has 0 aliphatic heterocycles. The molecule has 0 fully saturated rings. The van der Waals surface area contributed by atoms with Gasteiger partial charge in [0.25, 0.3) is 0 Å². The fourth-order valence-electron chi connectivity index (χ4n) is 1.72. The van der Waals surface area contributed by atoms with Gasteiger partial charge in [-0.2, -0.15) is 0 Å². The number of rotatable bonds is 6. The van der Waals surface area contributed by atoms with Crippen LogP contribution in [0.4, 0.5) is 4.79 Å². The summed E-state index contributed by atoms with van der Waals surface area (Å²) in [5, 5.41) is 11.6. The van der Waals surface area contributed by atoms with Crippen molar-refractivity contribution < 1.29 is 14.7 Å². The van der Waals surface area contributed by atoms with Crippen LogP contribution in [0.1, 0.15) is 36.1 Å². The van der Waals surface area contributed by atoms with Gasteiger partial charge in [-0.3, -0.25) is 4.79 Å². The summed E-state index contributed by atoms with van der Waals surface area (Å²) < 4.78 is 0. The van der Waals surface area contributed by atoms with Crippen LogP contribution >= 0.6 is 11.3 Å². The van der Waals surface area contributed by atoms with Crippen molar-refractivity contribution in [2.75, 3.05) is 13.1 Å². The third-order valence-corrected chi connectivity index (χ3v) is 3.82. The van der Waals surface area contributed by atoms with E-state index >= 15 is 0 Å². The van der Waals surface area contributed by atoms with E-state index in [9.17, 15) is 9.59 Å². The van der Waals surface area contributed by atoms with Gasteiger partial charge < -0.3 is 15.3 Å². The van der Waals surface area contributed by atoms with Crippen molar-refractivity contribution in [1.82, 2.24) is 10.2 Å². The van der Waals surface area contributed by atoms with Gasteiger partial charge in [0.1, 0.15) is 6.54 Å². The summed E-state index contributed by atoms with van der Waals surface area (Å²) in [5.74, 6) is -0.997. The van der Waals surface area contributed by atoms with Crippen molar-refractivity contribution in [3.8, 4) is 0 Å². The molecule has 0 saturated carbocycles. The number of hydrogen-bond donors (Lipinski definition) is 2. The molecule has 0 bridgehead atoms. The van der Waals surface area contributed by atoms with Crippen LogP contribution in [0.3, 0.4) is 0 Å². The molecule has 1 aromatic heterocycles. The van der Waals surface area contributed by atoms with Crippen LogP contribution in [-0.2, 0) is 4.79 Å². The Bertz CT molecular complexity index is 445. The average molecular weight is 284 g/mol. The third kappa shape index (κ3) is 4.90. The van der Waals surface area contributed by atoms with E-state index in [1.54, 1.807) is 11.3 Å². The predicted molar refractivity (Wildman–Crippen MR) is 75.5 cm³/mol. The number of hydrogen-bond acceptors (Lipinski definition) is 3. The quantitative estimate of drug-likeness (QED) is 0.843. The average Bonchev–Trinajstić information content (AvgIpc) is 2.74. The summed E-state index contributed by atoms with van der Waals surface area (Å²) in [7, 11) is 0. The van der Waals surface area contributed by atoms with E-state index in [0.717, 1.165) is 11.3 Å². The van der Waals surface area contributed by atoms with E-state index < -0.39 is 5.97 Å². The van der Waals surface area contributed by atoms with Crippen molar-refractivity contribution in [2.45, 2.75) is 33.2 Å². The first-order valence-corrected chi connectivity index (χ1v) is 7.09. The number of amides is 2. The van der Waals surface area contributed by atoms with E-state index in [4.69, 9.17) is 5.11 Å². The molecule has 0 aromatic carbocycles. The number of nitrogens with zero attached hydrogens (tertiary/aromatic N) is 1. The monoisotopic (exact) mass is 284 g/mol. The van der Waals surface area contributed by atoms with E-state index in [-0.39, 0.29) is 18.6 Å². The summed E-state index contributed by atoms with van der Waals surface area (Å²) in [5.41, 5.74) is 0. The fraction of sp³-hybridized carbons (Fsp3) is 0.538. The predicted octanol–water partition coefficient (Wildman–Crippen LogP) is 2.62. The Kier molecular flexibility index (Phi) is 5.82. The second-order valence-corrected chi connectivity index (χ2v) is 5.75. The molecule has 0 spiro atoms. The van der Waals surface area contributed by atoms with Crippen LogP contribution in [0.15, 0.2) is 12.1 Å². The first kappa shape index (κ1) is 15.5. The Morgan fingerprint density at radius 3 is 2.63 bits per heavy atom. The molecule has 1 heterocycles. The minimum absolute atomic E-state index is 0.112. The van der Waals surface area contributed by atoms with E-state index in [1.807, 2.05) is 32.9 Å². The molecule has 0 radical (unpaired) electrons. The number of carboxylic acids is 1. The number of carbonyl (C=O) groups is 2. The molecule has 1 rings (SSSR count). The zero-order chi connectivity index (χ0) is 14.4. The van der Waals surface area contributed by atoms with Crippen LogP contribution < -0.4 is 5.32 Å². The van der Waals surface area contributed by atoms with Gasteiger partial charge in [-0.05, 0) is 32.4 Å². The lowest BCUT2D eigenvalue weighted by molar-refractivity contribution is -0.137. The van der Waals surface area contributed by atoms with Gasteiger partial charge in [0.2, 0.25) is 0 Å². The molecular formula is C13H20N2O3S. The van der Waals surface area contributed by atoms with Crippen LogP contribution in [0, 0.1) is 6.92 Å². The van der Waals surface area contributed by atoms with Crippen LogP contribution in [0.5, 0.6) is 0 Å². The Balaban J connectivity index is 2.62. The smallest absolute Gasteiger partial charge is 0.323 e. The first-order valence-electron chi connectivity index (χ1n) is 6.27.